The lowest BCUT2D eigenvalue weighted by molar-refractivity contribution is 0.0943. The molecule has 0 aliphatic rings. The van der Waals surface area contributed by atoms with Crippen LogP contribution in [-0.2, 0) is 6.54 Å². The summed E-state index contributed by atoms with van der Waals surface area (Å²) in [5.74, 6) is 0.993. The van der Waals surface area contributed by atoms with Gasteiger partial charge in [-0.15, -0.1) is 0 Å². The number of aromatic nitrogens is 2. The number of amides is 1. The van der Waals surface area contributed by atoms with Crippen LogP contribution < -0.4 is 15.8 Å². The Labute approximate surface area is 109 Å². The van der Waals surface area contributed by atoms with E-state index in [9.17, 15) is 4.79 Å². The van der Waals surface area contributed by atoms with Gasteiger partial charge in [-0.1, -0.05) is 5.16 Å². The van der Waals surface area contributed by atoms with Crippen molar-refractivity contribution < 1.29 is 14.1 Å². The summed E-state index contributed by atoms with van der Waals surface area (Å²) in [5.41, 5.74) is 6.50. The molecule has 7 heteroatoms. The minimum atomic E-state index is -0.319. The second-order valence-electron chi connectivity index (χ2n) is 3.88. The maximum absolute atomic E-state index is 12.0. The molecule has 2 aromatic rings. The van der Waals surface area contributed by atoms with E-state index in [0.717, 1.165) is 0 Å². The van der Waals surface area contributed by atoms with Crippen molar-refractivity contribution in [3.8, 4) is 5.75 Å². The van der Waals surface area contributed by atoms with Crippen LogP contribution in [0.1, 0.15) is 22.1 Å². The highest BCUT2D eigenvalue weighted by Gasteiger charge is 2.13. The third kappa shape index (κ3) is 3.01. The highest BCUT2D eigenvalue weighted by atomic mass is 16.5. The molecule has 0 unspecified atom stereocenters. The first-order chi connectivity index (χ1) is 9.10. The number of methoxy groups -OCH3 is 1. The Balaban J connectivity index is 2.09. The van der Waals surface area contributed by atoms with E-state index in [2.05, 4.69) is 15.5 Å². The van der Waals surface area contributed by atoms with Gasteiger partial charge < -0.3 is 20.3 Å². The molecule has 100 valence electrons. The molecule has 1 heterocycles. The van der Waals surface area contributed by atoms with Gasteiger partial charge in [-0.05, 0) is 25.1 Å². The van der Waals surface area contributed by atoms with E-state index >= 15 is 0 Å². The van der Waals surface area contributed by atoms with Gasteiger partial charge in [-0.2, -0.15) is 4.98 Å². The highest BCUT2D eigenvalue weighted by Crippen LogP contribution is 2.20. The molecule has 0 saturated heterocycles. The molecule has 0 bridgehead atoms. The minimum Gasteiger partial charge on any atom is -0.496 e. The molecule has 0 aliphatic heterocycles. The Kier molecular flexibility index (Phi) is 3.65. The number of carbonyl (C=O) groups is 1. The molecule has 0 atom stereocenters. The largest absolute Gasteiger partial charge is 0.496 e. The van der Waals surface area contributed by atoms with Crippen molar-refractivity contribution in [2.24, 2.45) is 0 Å². The lowest BCUT2D eigenvalue weighted by Gasteiger charge is -2.08. The van der Waals surface area contributed by atoms with Crippen molar-refractivity contribution in [2.75, 3.05) is 12.8 Å². The number of nitrogen functional groups attached to an aromatic ring is 1. The minimum absolute atomic E-state index is 0.150. The lowest BCUT2D eigenvalue weighted by atomic mass is 10.1. The first-order valence-corrected chi connectivity index (χ1v) is 5.61. The van der Waals surface area contributed by atoms with Crippen LogP contribution >= 0.6 is 0 Å². The van der Waals surface area contributed by atoms with Crippen molar-refractivity contribution in [3.05, 3.63) is 35.5 Å². The molecule has 0 aliphatic carbocycles. The van der Waals surface area contributed by atoms with E-state index in [1.807, 2.05) is 0 Å². The van der Waals surface area contributed by atoms with Crippen molar-refractivity contribution in [1.29, 1.82) is 0 Å². The zero-order valence-corrected chi connectivity index (χ0v) is 10.6. The molecule has 0 spiro atoms. The standard InChI is InChI=1S/C12H14N4O3/c1-7-15-11(19-16-7)6-14-12(17)9-5-8(13)3-4-10(9)18-2/h3-5H,6,13H2,1-2H3,(H,14,17). The highest BCUT2D eigenvalue weighted by molar-refractivity contribution is 5.97. The van der Waals surface area contributed by atoms with Gasteiger partial charge in [-0.25, -0.2) is 0 Å². The predicted octanol–water partition coefficient (Wildman–Crippen LogP) is 0.899. The number of hydrogen-bond donors (Lipinski definition) is 2. The molecular formula is C12H14N4O3. The second-order valence-corrected chi connectivity index (χ2v) is 3.88. The second kappa shape index (κ2) is 5.38. The molecule has 0 saturated carbocycles. The zero-order valence-electron chi connectivity index (χ0n) is 10.6. The summed E-state index contributed by atoms with van der Waals surface area (Å²) in [7, 11) is 1.49. The number of carbonyl (C=O) groups excluding carboxylic acids is 1. The molecule has 1 aromatic carbocycles. The topological polar surface area (TPSA) is 103 Å². The quantitative estimate of drug-likeness (QED) is 0.793. The number of nitrogens with one attached hydrogen (secondary N) is 1. The first-order valence-electron chi connectivity index (χ1n) is 5.61. The van der Waals surface area contributed by atoms with E-state index in [-0.39, 0.29) is 12.5 Å². The van der Waals surface area contributed by atoms with E-state index in [4.69, 9.17) is 15.0 Å². The molecule has 7 nitrogen and oxygen atoms in total. The van der Waals surface area contributed by atoms with Crippen LogP contribution in [0.4, 0.5) is 5.69 Å². The van der Waals surface area contributed by atoms with Crippen LogP contribution in [0.15, 0.2) is 22.7 Å². The number of rotatable bonds is 4. The predicted molar refractivity (Wildman–Crippen MR) is 67.6 cm³/mol. The Hall–Kier alpha value is -2.57. The normalized spacial score (nSPS) is 10.2. The molecule has 0 fully saturated rings. The van der Waals surface area contributed by atoms with Crippen LogP contribution in [0, 0.1) is 6.92 Å². The van der Waals surface area contributed by atoms with Crippen LogP contribution in [-0.4, -0.2) is 23.2 Å². The van der Waals surface area contributed by atoms with Gasteiger partial charge in [-0.3, -0.25) is 4.79 Å². The number of hydrogen-bond acceptors (Lipinski definition) is 6. The number of nitrogens with two attached hydrogens (primary N) is 1. The van der Waals surface area contributed by atoms with E-state index in [1.54, 1.807) is 25.1 Å². The van der Waals surface area contributed by atoms with Gasteiger partial charge in [0.2, 0.25) is 5.89 Å². The maximum atomic E-state index is 12.0. The molecule has 1 aromatic heterocycles. The van der Waals surface area contributed by atoms with Gasteiger partial charge in [0.25, 0.3) is 5.91 Å². The number of anilines is 1. The summed E-state index contributed by atoms with van der Waals surface area (Å²) < 4.78 is 10.0. The van der Waals surface area contributed by atoms with Crippen molar-refractivity contribution >= 4 is 11.6 Å². The fourth-order valence-electron chi connectivity index (χ4n) is 1.57. The van der Waals surface area contributed by atoms with Crippen LogP contribution in [0.2, 0.25) is 0 Å². The van der Waals surface area contributed by atoms with Crippen LogP contribution in [0.5, 0.6) is 5.75 Å². The smallest absolute Gasteiger partial charge is 0.255 e. The molecule has 0 radical (unpaired) electrons. The Morgan fingerprint density at radius 3 is 2.95 bits per heavy atom. The summed E-state index contributed by atoms with van der Waals surface area (Å²) in [6, 6.07) is 4.85. The van der Waals surface area contributed by atoms with Gasteiger partial charge >= 0.3 is 0 Å². The molecule has 3 N–H and O–H groups in total. The SMILES string of the molecule is COc1ccc(N)cc1C(=O)NCc1nc(C)no1. The Morgan fingerprint density at radius 2 is 2.32 bits per heavy atom. The lowest BCUT2D eigenvalue weighted by Crippen LogP contribution is -2.23. The third-order valence-corrected chi connectivity index (χ3v) is 2.44. The average Bonchev–Trinajstić information content (AvgIpc) is 2.81. The molecule has 1 amide bonds. The fourth-order valence-corrected chi connectivity index (χ4v) is 1.57. The monoisotopic (exact) mass is 262 g/mol. The van der Waals surface area contributed by atoms with Gasteiger partial charge in [0.05, 0.1) is 19.2 Å². The number of aryl methyl sites for hydroxylation is 1. The maximum Gasteiger partial charge on any atom is 0.255 e. The van der Waals surface area contributed by atoms with Gasteiger partial charge in [0, 0.05) is 5.69 Å². The van der Waals surface area contributed by atoms with Crippen LogP contribution in [0.3, 0.4) is 0 Å². The van der Waals surface area contributed by atoms with Crippen LogP contribution in [0.25, 0.3) is 0 Å². The van der Waals surface area contributed by atoms with E-state index in [0.29, 0.717) is 28.7 Å². The fraction of sp³-hybridized carbons (Fsp3) is 0.250. The first kappa shape index (κ1) is 12.9. The average molecular weight is 262 g/mol. The molecule has 2 rings (SSSR count). The van der Waals surface area contributed by atoms with Gasteiger partial charge in [0.1, 0.15) is 5.75 Å². The van der Waals surface area contributed by atoms with Gasteiger partial charge in [0.15, 0.2) is 5.82 Å². The molecule has 19 heavy (non-hydrogen) atoms. The van der Waals surface area contributed by atoms with E-state index < -0.39 is 0 Å². The summed E-state index contributed by atoms with van der Waals surface area (Å²) in [6.07, 6.45) is 0. The summed E-state index contributed by atoms with van der Waals surface area (Å²) in [4.78, 5) is 16.0. The number of nitrogens with zero attached hydrogens (tertiary/aromatic N) is 2. The summed E-state index contributed by atoms with van der Waals surface area (Å²) in [6.45, 7) is 1.85. The number of benzene rings is 1. The Bertz CT molecular complexity index is 594. The van der Waals surface area contributed by atoms with Crippen molar-refractivity contribution in [1.82, 2.24) is 15.5 Å². The number of ether oxygens (including phenoxy) is 1. The molecular weight excluding hydrogens is 248 g/mol. The van der Waals surface area contributed by atoms with Crippen molar-refractivity contribution in [3.63, 3.8) is 0 Å². The van der Waals surface area contributed by atoms with E-state index in [1.165, 1.54) is 7.11 Å². The Morgan fingerprint density at radius 1 is 1.53 bits per heavy atom. The third-order valence-electron chi connectivity index (χ3n) is 2.44. The zero-order chi connectivity index (χ0) is 13.8. The summed E-state index contributed by atoms with van der Waals surface area (Å²) in [5, 5.41) is 6.29. The van der Waals surface area contributed by atoms with Crippen molar-refractivity contribution in [2.45, 2.75) is 13.5 Å². The summed E-state index contributed by atoms with van der Waals surface area (Å²) >= 11 is 0.